The van der Waals surface area contributed by atoms with Gasteiger partial charge in [0, 0.05) is 44.0 Å². The van der Waals surface area contributed by atoms with Gasteiger partial charge >= 0.3 is 6.03 Å². The van der Waals surface area contributed by atoms with Crippen LogP contribution in [0.5, 0.6) is 0 Å². The van der Waals surface area contributed by atoms with Gasteiger partial charge in [0.25, 0.3) is 5.91 Å². The van der Waals surface area contributed by atoms with Crippen LogP contribution in [-0.2, 0) is 6.42 Å². The fourth-order valence-corrected chi connectivity index (χ4v) is 4.06. The lowest BCUT2D eigenvalue weighted by Gasteiger charge is -2.17. The summed E-state index contributed by atoms with van der Waals surface area (Å²) in [6.45, 7) is 5.23. The van der Waals surface area contributed by atoms with Crippen molar-refractivity contribution in [2.45, 2.75) is 12.8 Å². The van der Waals surface area contributed by atoms with Crippen LogP contribution in [0.3, 0.4) is 0 Å². The molecule has 6 nitrogen and oxygen atoms in total. The molecule has 2 aromatic carbocycles. The first-order chi connectivity index (χ1) is 14.2. The molecule has 1 atom stereocenters. The Morgan fingerprint density at radius 3 is 2.59 bits per heavy atom. The van der Waals surface area contributed by atoms with Crippen molar-refractivity contribution in [1.82, 2.24) is 15.5 Å². The van der Waals surface area contributed by atoms with Gasteiger partial charge in [-0.05, 0) is 55.1 Å². The number of hydrogen-bond acceptors (Lipinski definition) is 3. The fourth-order valence-electron chi connectivity index (χ4n) is 4.06. The van der Waals surface area contributed by atoms with E-state index in [9.17, 15) is 9.59 Å². The number of amides is 3. The maximum Gasteiger partial charge on any atom is 0.321 e. The zero-order valence-electron chi connectivity index (χ0n) is 16.6. The van der Waals surface area contributed by atoms with Crippen molar-refractivity contribution in [3.63, 3.8) is 0 Å². The number of carbonyl (C=O) groups is 2. The molecule has 152 valence electrons. The number of likely N-dealkylation sites (tertiary alicyclic amines) is 1. The van der Waals surface area contributed by atoms with Gasteiger partial charge in [-0.15, -0.1) is 0 Å². The third kappa shape index (κ3) is 4.95. The quantitative estimate of drug-likeness (QED) is 0.761. The highest BCUT2D eigenvalue weighted by Gasteiger charge is 2.23. The Balaban J connectivity index is 1.21. The maximum absolute atomic E-state index is 12.5. The highest BCUT2D eigenvalue weighted by Crippen LogP contribution is 2.18. The zero-order valence-corrected chi connectivity index (χ0v) is 16.6. The molecule has 6 heteroatoms. The highest BCUT2D eigenvalue weighted by molar-refractivity contribution is 5.97. The van der Waals surface area contributed by atoms with E-state index in [0.29, 0.717) is 31.1 Å². The molecule has 2 fully saturated rings. The first kappa shape index (κ1) is 19.5. The molecule has 2 aromatic rings. The molecular weight excluding hydrogens is 364 g/mol. The van der Waals surface area contributed by atoms with Gasteiger partial charge in [0.05, 0.1) is 0 Å². The van der Waals surface area contributed by atoms with Gasteiger partial charge in [0.15, 0.2) is 0 Å². The molecular formula is C23H28N4O2. The summed E-state index contributed by atoms with van der Waals surface area (Å²) >= 11 is 0. The molecule has 2 aliphatic heterocycles. The topological polar surface area (TPSA) is 64.7 Å². The van der Waals surface area contributed by atoms with Gasteiger partial charge in [-0.25, -0.2) is 4.79 Å². The van der Waals surface area contributed by atoms with Crippen molar-refractivity contribution < 1.29 is 9.59 Å². The number of hydrogen-bond donors (Lipinski definition) is 2. The van der Waals surface area contributed by atoms with Gasteiger partial charge < -0.3 is 15.5 Å². The van der Waals surface area contributed by atoms with Crippen LogP contribution < -0.4 is 15.5 Å². The molecule has 4 rings (SSSR count). The van der Waals surface area contributed by atoms with Crippen molar-refractivity contribution in [3.05, 3.63) is 65.7 Å². The first-order valence-electron chi connectivity index (χ1n) is 10.4. The Morgan fingerprint density at radius 2 is 1.86 bits per heavy atom. The van der Waals surface area contributed by atoms with Gasteiger partial charge in [0.1, 0.15) is 0 Å². The molecule has 2 N–H and O–H groups in total. The summed E-state index contributed by atoms with van der Waals surface area (Å²) in [6.07, 6.45) is 2.19. The third-order valence-corrected chi connectivity index (χ3v) is 5.78. The molecule has 2 aliphatic rings. The normalized spacial score (nSPS) is 19.4. The summed E-state index contributed by atoms with van der Waals surface area (Å²) in [5.41, 5.74) is 2.83. The maximum atomic E-state index is 12.5. The van der Waals surface area contributed by atoms with E-state index in [-0.39, 0.29) is 11.9 Å². The van der Waals surface area contributed by atoms with E-state index >= 15 is 0 Å². The van der Waals surface area contributed by atoms with E-state index in [1.54, 1.807) is 17.0 Å². The molecule has 0 bridgehead atoms. The van der Waals surface area contributed by atoms with Crippen molar-refractivity contribution >= 4 is 17.6 Å². The second kappa shape index (κ2) is 9.09. The second-order valence-corrected chi connectivity index (χ2v) is 7.83. The molecule has 1 unspecified atom stereocenters. The second-order valence-electron chi connectivity index (χ2n) is 7.83. The first-order valence-corrected chi connectivity index (χ1v) is 10.4. The van der Waals surface area contributed by atoms with Crippen LogP contribution >= 0.6 is 0 Å². The van der Waals surface area contributed by atoms with Crippen molar-refractivity contribution in [1.29, 1.82) is 0 Å². The summed E-state index contributed by atoms with van der Waals surface area (Å²) < 4.78 is 0. The van der Waals surface area contributed by atoms with E-state index in [1.165, 1.54) is 5.56 Å². The van der Waals surface area contributed by atoms with Crippen LogP contribution in [-0.4, -0.2) is 56.1 Å². The Labute approximate surface area is 171 Å². The fraction of sp³-hybridized carbons (Fsp3) is 0.391. The van der Waals surface area contributed by atoms with Crippen LogP contribution in [0.25, 0.3) is 0 Å². The van der Waals surface area contributed by atoms with E-state index in [4.69, 9.17) is 0 Å². The highest BCUT2D eigenvalue weighted by atomic mass is 16.2. The Hall–Kier alpha value is -2.86. The number of benzene rings is 2. The Morgan fingerprint density at radius 1 is 1.07 bits per heavy atom. The van der Waals surface area contributed by atoms with Crippen LogP contribution in [0.4, 0.5) is 10.5 Å². The van der Waals surface area contributed by atoms with Crippen LogP contribution in [0.1, 0.15) is 22.3 Å². The standard InChI is InChI=1S/C23H28N4O2/c28-22(20-6-8-21(9-7-20)27-15-12-24-23(27)29)25-16-19-11-14-26(17-19)13-10-18-4-2-1-3-5-18/h1-9,19H,10-17H2,(H,24,29)(H,25,28). The summed E-state index contributed by atoms with van der Waals surface area (Å²) in [7, 11) is 0. The lowest BCUT2D eigenvalue weighted by molar-refractivity contribution is 0.0947. The van der Waals surface area contributed by atoms with Gasteiger partial charge in [0.2, 0.25) is 0 Å². The lowest BCUT2D eigenvalue weighted by atomic mass is 10.1. The van der Waals surface area contributed by atoms with Gasteiger partial charge in [-0.3, -0.25) is 9.69 Å². The number of urea groups is 1. The van der Waals surface area contributed by atoms with Gasteiger partial charge in [-0.2, -0.15) is 0 Å². The van der Waals surface area contributed by atoms with E-state index in [1.807, 2.05) is 12.1 Å². The van der Waals surface area contributed by atoms with Crippen molar-refractivity contribution in [2.75, 3.05) is 44.2 Å². The summed E-state index contributed by atoms with van der Waals surface area (Å²) in [5, 5.41) is 5.86. The molecule has 2 heterocycles. The molecule has 0 saturated carbocycles. The summed E-state index contributed by atoms with van der Waals surface area (Å²) in [6, 6.07) is 17.7. The molecule has 0 spiro atoms. The zero-order chi connectivity index (χ0) is 20.1. The van der Waals surface area contributed by atoms with E-state index in [2.05, 4.69) is 45.9 Å². The average molecular weight is 393 g/mol. The van der Waals surface area contributed by atoms with E-state index < -0.39 is 0 Å². The SMILES string of the molecule is O=C(NCC1CCN(CCc2ccccc2)C1)c1ccc(N2CCNC2=O)cc1. The van der Waals surface area contributed by atoms with Crippen LogP contribution in [0.15, 0.2) is 54.6 Å². The molecule has 2 saturated heterocycles. The third-order valence-electron chi connectivity index (χ3n) is 5.78. The molecule has 0 radical (unpaired) electrons. The Kier molecular flexibility index (Phi) is 6.10. The largest absolute Gasteiger partial charge is 0.352 e. The Bertz CT molecular complexity index is 838. The monoisotopic (exact) mass is 392 g/mol. The average Bonchev–Trinajstić information content (AvgIpc) is 3.40. The minimum absolute atomic E-state index is 0.0508. The minimum atomic E-state index is -0.0831. The predicted octanol–water partition coefficient (Wildman–Crippen LogP) is 2.51. The number of rotatable bonds is 7. The predicted molar refractivity (Wildman–Crippen MR) is 114 cm³/mol. The number of carbonyl (C=O) groups excluding carboxylic acids is 2. The van der Waals surface area contributed by atoms with Crippen LogP contribution in [0.2, 0.25) is 0 Å². The van der Waals surface area contributed by atoms with Crippen molar-refractivity contribution in [2.24, 2.45) is 5.92 Å². The summed E-state index contributed by atoms with van der Waals surface area (Å²) in [5.74, 6) is 0.451. The van der Waals surface area contributed by atoms with Gasteiger partial charge in [-0.1, -0.05) is 30.3 Å². The minimum Gasteiger partial charge on any atom is -0.352 e. The van der Waals surface area contributed by atoms with Crippen LogP contribution in [0, 0.1) is 5.92 Å². The number of anilines is 1. The number of nitrogens with zero attached hydrogens (tertiary/aromatic N) is 2. The molecule has 0 aliphatic carbocycles. The van der Waals surface area contributed by atoms with E-state index in [0.717, 1.165) is 38.2 Å². The number of nitrogens with one attached hydrogen (secondary N) is 2. The molecule has 3 amide bonds. The molecule has 0 aromatic heterocycles. The lowest BCUT2D eigenvalue weighted by Crippen LogP contribution is -2.31. The summed E-state index contributed by atoms with van der Waals surface area (Å²) in [4.78, 5) is 28.4. The molecule has 29 heavy (non-hydrogen) atoms. The van der Waals surface area contributed by atoms with Crippen molar-refractivity contribution in [3.8, 4) is 0 Å². The smallest absolute Gasteiger partial charge is 0.321 e.